The van der Waals surface area contributed by atoms with E-state index in [9.17, 15) is 9.18 Å². The summed E-state index contributed by atoms with van der Waals surface area (Å²) in [5.74, 6) is 0.536. The number of amides is 1. The lowest BCUT2D eigenvalue weighted by Gasteiger charge is -2.35. The standard InChI is InChI=1S/C18H19FN6O2/c1-27-15-3-2-13(10-14(15)19)11-18(26)24-8-6-23(7-9-24)17-5-4-16-21-20-12-25(16)22-17/h2-5,10,12H,6-9,11H2,1H3. The fourth-order valence-electron chi connectivity index (χ4n) is 3.18. The van der Waals surface area contributed by atoms with E-state index >= 15 is 0 Å². The second-order valence-electron chi connectivity index (χ2n) is 6.34. The summed E-state index contributed by atoms with van der Waals surface area (Å²) in [6.07, 6.45) is 1.73. The average molecular weight is 370 g/mol. The molecule has 2 aromatic heterocycles. The summed E-state index contributed by atoms with van der Waals surface area (Å²) in [5, 5.41) is 12.2. The van der Waals surface area contributed by atoms with E-state index in [-0.39, 0.29) is 18.1 Å². The largest absolute Gasteiger partial charge is 0.494 e. The molecular formula is C18H19FN6O2. The van der Waals surface area contributed by atoms with Crippen LogP contribution in [0.5, 0.6) is 5.75 Å². The number of hydrogen-bond acceptors (Lipinski definition) is 6. The number of carbonyl (C=O) groups excluding carboxylic acids is 1. The summed E-state index contributed by atoms with van der Waals surface area (Å²) in [7, 11) is 1.42. The monoisotopic (exact) mass is 370 g/mol. The lowest BCUT2D eigenvalue weighted by atomic mass is 10.1. The van der Waals surface area contributed by atoms with Crippen LogP contribution < -0.4 is 9.64 Å². The number of piperazine rings is 1. The Morgan fingerprint density at radius 1 is 1.19 bits per heavy atom. The van der Waals surface area contributed by atoms with Crippen LogP contribution in [0.1, 0.15) is 5.56 Å². The molecule has 8 nitrogen and oxygen atoms in total. The van der Waals surface area contributed by atoms with E-state index in [1.54, 1.807) is 27.9 Å². The highest BCUT2D eigenvalue weighted by atomic mass is 19.1. The van der Waals surface area contributed by atoms with Crippen LogP contribution >= 0.6 is 0 Å². The molecule has 0 aliphatic carbocycles. The number of rotatable bonds is 4. The molecule has 1 aliphatic heterocycles. The molecule has 0 atom stereocenters. The van der Waals surface area contributed by atoms with Crippen LogP contribution in [0.15, 0.2) is 36.7 Å². The lowest BCUT2D eigenvalue weighted by Crippen LogP contribution is -2.49. The predicted molar refractivity (Wildman–Crippen MR) is 96.2 cm³/mol. The number of benzene rings is 1. The second-order valence-corrected chi connectivity index (χ2v) is 6.34. The van der Waals surface area contributed by atoms with Crippen LogP contribution in [0.4, 0.5) is 10.2 Å². The first-order valence-electron chi connectivity index (χ1n) is 8.66. The Kier molecular flexibility index (Phi) is 4.57. The van der Waals surface area contributed by atoms with Crippen LogP contribution in [-0.2, 0) is 11.2 Å². The van der Waals surface area contributed by atoms with Gasteiger partial charge in [0.2, 0.25) is 5.91 Å². The van der Waals surface area contributed by atoms with Gasteiger partial charge in [0, 0.05) is 26.2 Å². The van der Waals surface area contributed by atoms with Crippen LogP contribution in [0.25, 0.3) is 5.65 Å². The van der Waals surface area contributed by atoms with Crippen molar-refractivity contribution in [2.24, 2.45) is 0 Å². The molecule has 3 heterocycles. The third kappa shape index (κ3) is 3.53. The zero-order valence-corrected chi connectivity index (χ0v) is 14.9. The molecule has 1 aromatic carbocycles. The Bertz CT molecular complexity index is 967. The Morgan fingerprint density at radius 3 is 2.74 bits per heavy atom. The third-order valence-electron chi connectivity index (χ3n) is 4.68. The number of nitrogens with zero attached hydrogens (tertiary/aromatic N) is 6. The molecule has 0 saturated carbocycles. The number of hydrogen-bond donors (Lipinski definition) is 0. The highest BCUT2D eigenvalue weighted by Crippen LogP contribution is 2.19. The number of carbonyl (C=O) groups is 1. The van der Waals surface area contributed by atoms with Crippen molar-refractivity contribution < 1.29 is 13.9 Å². The van der Waals surface area contributed by atoms with Crippen molar-refractivity contribution in [2.45, 2.75) is 6.42 Å². The number of halogens is 1. The van der Waals surface area contributed by atoms with Gasteiger partial charge in [-0.1, -0.05) is 6.07 Å². The van der Waals surface area contributed by atoms with E-state index in [1.807, 2.05) is 12.1 Å². The zero-order valence-electron chi connectivity index (χ0n) is 14.9. The minimum absolute atomic E-state index is 0.0126. The molecule has 0 radical (unpaired) electrons. The van der Waals surface area contributed by atoms with Crippen LogP contribution in [0, 0.1) is 5.82 Å². The Labute approximate surface area is 155 Å². The lowest BCUT2D eigenvalue weighted by molar-refractivity contribution is -0.130. The van der Waals surface area contributed by atoms with Gasteiger partial charge in [-0.2, -0.15) is 4.52 Å². The van der Waals surface area contributed by atoms with E-state index in [1.165, 1.54) is 13.2 Å². The average Bonchev–Trinajstić information content (AvgIpc) is 3.16. The molecule has 0 spiro atoms. The van der Waals surface area contributed by atoms with Gasteiger partial charge in [0.25, 0.3) is 0 Å². The van der Waals surface area contributed by atoms with Gasteiger partial charge in [0.05, 0.1) is 13.5 Å². The first-order chi connectivity index (χ1) is 13.1. The quantitative estimate of drug-likeness (QED) is 0.686. The number of ether oxygens (including phenoxy) is 1. The van der Waals surface area contributed by atoms with Crippen molar-refractivity contribution >= 4 is 17.4 Å². The number of anilines is 1. The van der Waals surface area contributed by atoms with E-state index in [2.05, 4.69) is 20.2 Å². The molecule has 140 valence electrons. The maximum atomic E-state index is 13.8. The number of fused-ring (bicyclic) bond motifs is 1. The molecule has 4 rings (SSSR count). The van der Waals surface area contributed by atoms with Crippen LogP contribution in [0.2, 0.25) is 0 Å². The molecule has 1 fully saturated rings. The summed E-state index contributed by atoms with van der Waals surface area (Å²) in [6, 6.07) is 8.38. The summed E-state index contributed by atoms with van der Waals surface area (Å²) < 4.78 is 20.3. The van der Waals surface area contributed by atoms with Crippen molar-refractivity contribution in [3.8, 4) is 5.75 Å². The summed E-state index contributed by atoms with van der Waals surface area (Å²) in [6.45, 7) is 2.56. The molecule has 1 amide bonds. The van der Waals surface area contributed by atoms with Gasteiger partial charge in [-0.25, -0.2) is 4.39 Å². The minimum Gasteiger partial charge on any atom is -0.494 e. The van der Waals surface area contributed by atoms with Crippen molar-refractivity contribution in [3.05, 3.63) is 48.0 Å². The van der Waals surface area contributed by atoms with Crippen molar-refractivity contribution in [1.29, 1.82) is 0 Å². The van der Waals surface area contributed by atoms with Gasteiger partial charge < -0.3 is 14.5 Å². The van der Waals surface area contributed by atoms with Gasteiger partial charge in [-0.3, -0.25) is 4.79 Å². The van der Waals surface area contributed by atoms with Crippen molar-refractivity contribution in [2.75, 3.05) is 38.2 Å². The van der Waals surface area contributed by atoms with E-state index < -0.39 is 5.82 Å². The molecule has 1 saturated heterocycles. The fraction of sp³-hybridized carbons (Fsp3) is 0.333. The second kappa shape index (κ2) is 7.18. The maximum absolute atomic E-state index is 13.8. The summed E-state index contributed by atoms with van der Waals surface area (Å²) in [4.78, 5) is 16.5. The highest BCUT2D eigenvalue weighted by molar-refractivity contribution is 5.79. The summed E-state index contributed by atoms with van der Waals surface area (Å²) >= 11 is 0. The molecule has 0 N–H and O–H groups in total. The molecule has 9 heteroatoms. The van der Waals surface area contributed by atoms with Crippen molar-refractivity contribution in [1.82, 2.24) is 24.7 Å². The normalized spacial score (nSPS) is 14.6. The van der Waals surface area contributed by atoms with Crippen LogP contribution in [-0.4, -0.2) is 63.9 Å². The van der Waals surface area contributed by atoms with Gasteiger partial charge in [0.15, 0.2) is 17.2 Å². The van der Waals surface area contributed by atoms with Crippen molar-refractivity contribution in [3.63, 3.8) is 0 Å². The van der Waals surface area contributed by atoms with E-state index in [4.69, 9.17) is 4.74 Å². The molecule has 27 heavy (non-hydrogen) atoms. The molecular weight excluding hydrogens is 351 g/mol. The molecule has 3 aromatic rings. The highest BCUT2D eigenvalue weighted by Gasteiger charge is 2.22. The molecule has 0 bridgehead atoms. The Hall–Kier alpha value is -3.23. The zero-order chi connectivity index (χ0) is 18.8. The number of methoxy groups -OCH3 is 1. The van der Waals surface area contributed by atoms with Gasteiger partial charge in [-0.05, 0) is 29.8 Å². The van der Waals surface area contributed by atoms with Gasteiger partial charge >= 0.3 is 0 Å². The topological polar surface area (TPSA) is 75.9 Å². The van der Waals surface area contributed by atoms with Gasteiger partial charge in [-0.15, -0.1) is 15.3 Å². The third-order valence-corrected chi connectivity index (χ3v) is 4.68. The Balaban J connectivity index is 1.36. The smallest absolute Gasteiger partial charge is 0.227 e. The summed E-state index contributed by atoms with van der Waals surface area (Å²) in [5.41, 5.74) is 1.33. The van der Waals surface area contributed by atoms with E-state index in [0.29, 0.717) is 37.4 Å². The van der Waals surface area contributed by atoms with E-state index in [0.717, 1.165) is 5.82 Å². The SMILES string of the molecule is COc1ccc(CC(=O)N2CCN(c3ccc4nncn4n3)CC2)cc1F. The number of aromatic nitrogens is 4. The molecule has 0 unspecified atom stereocenters. The first kappa shape index (κ1) is 17.2. The predicted octanol–water partition coefficient (Wildman–Crippen LogP) is 1.16. The minimum atomic E-state index is -0.455. The Morgan fingerprint density at radius 2 is 2.00 bits per heavy atom. The van der Waals surface area contributed by atoms with Gasteiger partial charge in [0.1, 0.15) is 12.1 Å². The first-order valence-corrected chi connectivity index (χ1v) is 8.66. The maximum Gasteiger partial charge on any atom is 0.227 e. The molecule has 1 aliphatic rings. The van der Waals surface area contributed by atoms with Crippen LogP contribution in [0.3, 0.4) is 0 Å². The fourth-order valence-corrected chi connectivity index (χ4v) is 3.18.